The van der Waals surface area contributed by atoms with Crippen LogP contribution in [-0.4, -0.2) is 33.7 Å². The Kier molecular flexibility index (Phi) is 3.39. The molecule has 1 aromatic heterocycles. The molecular weight excluding hydrogens is 228 g/mol. The zero-order chi connectivity index (χ0) is 12.4. The fourth-order valence-electron chi connectivity index (χ4n) is 3.11. The summed E-state index contributed by atoms with van der Waals surface area (Å²) in [6.45, 7) is 1.33. The van der Waals surface area contributed by atoms with Gasteiger partial charge >= 0.3 is 0 Å². The minimum absolute atomic E-state index is 0.586. The molecule has 0 spiro atoms. The van der Waals surface area contributed by atoms with Crippen LogP contribution in [0.3, 0.4) is 0 Å². The maximum atomic E-state index is 10.5. The molecule has 100 valence electrons. The molecule has 2 aliphatic rings. The van der Waals surface area contributed by atoms with E-state index in [-0.39, 0.29) is 0 Å². The minimum Gasteiger partial charge on any atom is -0.389 e. The van der Waals surface area contributed by atoms with E-state index in [0.717, 1.165) is 18.5 Å². The van der Waals surface area contributed by atoms with Crippen molar-refractivity contribution in [3.63, 3.8) is 0 Å². The molecule has 4 nitrogen and oxygen atoms in total. The van der Waals surface area contributed by atoms with E-state index in [1.165, 1.54) is 25.7 Å². The normalized spacial score (nSPS) is 24.5. The molecule has 3 rings (SSSR count). The van der Waals surface area contributed by atoms with Crippen LogP contribution >= 0.6 is 0 Å². The largest absolute Gasteiger partial charge is 0.389 e. The summed E-state index contributed by atoms with van der Waals surface area (Å²) in [6, 6.07) is 2.65. The lowest BCUT2D eigenvalue weighted by Gasteiger charge is -2.31. The quantitative estimate of drug-likeness (QED) is 0.893. The first kappa shape index (κ1) is 12.2. The van der Waals surface area contributed by atoms with E-state index < -0.39 is 5.60 Å². The SMILES string of the molecule is OC1(Cc2ccn(C3CCCC3)n2)CCOCC1. The predicted octanol–water partition coefficient (Wildman–Crippen LogP) is 2.08. The molecule has 1 aliphatic carbocycles. The summed E-state index contributed by atoms with van der Waals surface area (Å²) in [5, 5.41) is 15.1. The van der Waals surface area contributed by atoms with Gasteiger partial charge in [-0.1, -0.05) is 12.8 Å². The molecule has 1 N–H and O–H groups in total. The third-order valence-corrected chi connectivity index (χ3v) is 4.30. The number of hydrogen-bond acceptors (Lipinski definition) is 3. The van der Waals surface area contributed by atoms with Crippen LogP contribution in [0.15, 0.2) is 12.3 Å². The molecule has 0 amide bonds. The number of rotatable bonds is 3. The van der Waals surface area contributed by atoms with Crippen molar-refractivity contribution in [2.45, 2.75) is 56.6 Å². The van der Waals surface area contributed by atoms with Gasteiger partial charge in [0, 0.05) is 25.8 Å². The number of aliphatic hydroxyl groups is 1. The van der Waals surface area contributed by atoms with Gasteiger partial charge in [-0.15, -0.1) is 0 Å². The predicted molar refractivity (Wildman–Crippen MR) is 68.4 cm³/mol. The summed E-state index contributed by atoms with van der Waals surface area (Å²) < 4.78 is 7.41. The molecule has 18 heavy (non-hydrogen) atoms. The van der Waals surface area contributed by atoms with Gasteiger partial charge in [-0.25, -0.2) is 0 Å². The average molecular weight is 250 g/mol. The van der Waals surface area contributed by atoms with Crippen LogP contribution in [0.1, 0.15) is 50.3 Å². The fourth-order valence-corrected chi connectivity index (χ4v) is 3.11. The van der Waals surface area contributed by atoms with Gasteiger partial charge in [0.15, 0.2) is 0 Å². The van der Waals surface area contributed by atoms with Crippen LogP contribution in [0.4, 0.5) is 0 Å². The van der Waals surface area contributed by atoms with Crippen molar-refractivity contribution < 1.29 is 9.84 Å². The van der Waals surface area contributed by atoms with Crippen LogP contribution in [0, 0.1) is 0 Å². The zero-order valence-corrected chi connectivity index (χ0v) is 10.8. The maximum absolute atomic E-state index is 10.5. The third-order valence-electron chi connectivity index (χ3n) is 4.30. The zero-order valence-electron chi connectivity index (χ0n) is 10.8. The molecule has 0 bridgehead atoms. The van der Waals surface area contributed by atoms with Crippen LogP contribution in [0.5, 0.6) is 0 Å². The summed E-state index contributed by atoms with van der Waals surface area (Å²) in [6.07, 6.45) is 9.33. The molecule has 1 aromatic rings. The Balaban J connectivity index is 1.65. The molecule has 0 unspecified atom stereocenters. The highest BCUT2D eigenvalue weighted by atomic mass is 16.5. The Labute approximate surface area is 108 Å². The van der Waals surface area contributed by atoms with Gasteiger partial charge in [0.05, 0.1) is 17.3 Å². The third kappa shape index (κ3) is 2.59. The van der Waals surface area contributed by atoms with E-state index in [4.69, 9.17) is 4.74 Å². The lowest BCUT2D eigenvalue weighted by atomic mass is 9.89. The first-order valence-electron chi connectivity index (χ1n) is 7.09. The molecule has 0 atom stereocenters. The van der Waals surface area contributed by atoms with E-state index in [9.17, 15) is 5.11 Å². The molecule has 0 radical (unpaired) electrons. The Hall–Kier alpha value is -0.870. The number of hydrogen-bond donors (Lipinski definition) is 1. The average Bonchev–Trinajstić information content (AvgIpc) is 2.99. The van der Waals surface area contributed by atoms with Crippen molar-refractivity contribution in [3.8, 4) is 0 Å². The van der Waals surface area contributed by atoms with Crippen LogP contribution in [-0.2, 0) is 11.2 Å². The summed E-state index contributed by atoms with van der Waals surface area (Å²) in [7, 11) is 0. The summed E-state index contributed by atoms with van der Waals surface area (Å²) in [4.78, 5) is 0. The first-order valence-corrected chi connectivity index (χ1v) is 7.09. The Morgan fingerprint density at radius 1 is 1.33 bits per heavy atom. The van der Waals surface area contributed by atoms with Crippen molar-refractivity contribution in [2.24, 2.45) is 0 Å². The fraction of sp³-hybridized carbons (Fsp3) is 0.786. The van der Waals surface area contributed by atoms with Crippen molar-refractivity contribution >= 4 is 0 Å². The maximum Gasteiger partial charge on any atom is 0.0747 e. The van der Waals surface area contributed by atoms with E-state index in [1.807, 2.05) is 0 Å². The Morgan fingerprint density at radius 2 is 2.06 bits per heavy atom. The van der Waals surface area contributed by atoms with Crippen molar-refractivity contribution in [1.29, 1.82) is 0 Å². The molecule has 1 saturated heterocycles. The smallest absolute Gasteiger partial charge is 0.0747 e. The molecule has 1 saturated carbocycles. The Bertz CT molecular complexity index is 390. The molecule has 2 fully saturated rings. The standard InChI is InChI=1S/C14H22N2O2/c17-14(6-9-18-10-7-14)11-12-5-8-16(15-12)13-3-1-2-4-13/h5,8,13,17H,1-4,6-7,9-11H2. The highest BCUT2D eigenvalue weighted by Gasteiger charge is 2.31. The summed E-state index contributed by atoms with van der Waals surface area (Å²) >= 11 is 0. The highest BCUT2D eigenvalue weighted by molar-refractivity contribution is 5.05. The lowest BCUT2D eigenvalue weighted by molar-refractivity contribution is -0.0631. The van der Waals surface area contributed by atoms with Gasteiger partial charge in [0.2, 0.25) is 0 Å². The van der Waals surface area contributed by atoms with Crippen LogP contribution in [0.25, 0.3) is 0 Å². The second-order valence-electron chi connectivity index (χ2n) is 5.74. The van der Waals surface area contributed by atoms with Crippen molar-refractivity contribution in [1.82, 2.24) is 9.78 Å². The highest BCUT2D eigenvalue weighted by Crippen LogP contribution is 2.30. The molecule has 1 aliphatic heterocycles. The van der Waals surface area contributed by atoms with Crippen molar-refractivity contribution in [3.05, 3.63) is 18.0 Å². The second-order valence-corrected chi connectivity index (χ2v) is 5.74. The summed E-state index contributed by atoms with van der Waals surface area (Å²) in [5.41, 5.74) is 0.416. The van der Waals surface area contributed by atoms with Gasteiger partial charge in [-0.2, -0.15) is 5.10 Å². The molecule has 2 heterocycles. The number of nitrogens with zero attached hydrogens (tertiary/aromatic N) is 2. The van der Waals surface area contributed by atoms with Gasteiger partial charge in [0.25, 0.3) is 0 Å². The Morgan fingerprint density at radius 3 is 2.78 bits per heavy atom. The topological polar surface area (TPSA) is 47.3 Å². The minimum atomic E-state index is -0.604. The van der Waals surface area contributed by atoms with Crippen LogP contribution in [0.2, 0.25) is 0 Å². The van der Waals surface area contributed by atoms with Gasteiger partial charge in [-0.3, -0.25) is 4.68 Å². The molecular formula is C14H22N2O2. The monoisotopic (exact) mass is 250 g/mol. The van der Waals surface area contributed by atoms with Gasteiger partial charge in [0.1, 0.15) is 0 Å². The van der Waals surface area contributed by atoms with Crippen molar-refractivity contribution in [2.75, 3.05) is 13.2 Å². The molecule has 4 heteroatoms. The van der Waals surface area contributed by atoms with Gasteiger partial charge < -0.3 is 9.84 Å². The van der Waals surface area contributed by atoms with Crippen LogP contribution < -0.4 is 0 Å². The molecule has 0 aromatic carbocycles. The van der Waals surface area contributed by atoms with Gasteiger partial charge in [-0.05, 0) is 31.7 Å². The first-order chi connectivity index (χ1) is 8.75. The van der Waals surface area contributed by atoms with E-state index >= 15 is 0 Å². The number of ether oxygens (including phenoxy) is 1. The lowest BCUT2D eigenvalue weighted by Crippen LogP contribution is -2.38. The second kappa shape index (κ2) is 5.02. The van der Waals surface area contributed by atoms with E-state index in [2.05, 4.69) is 22.0 Å². The van der Waals surface area contributed by atoms with E-state index in [1.54, 1.807) is 0 Å². The van der Waals surface area contributed by atoms with E-state index in [0.29, 0.717) is 25.7 Å². The number of aromatic nitrogens is 2. The summed E-state index contributed by atoms with van der Waals surface area (Å²) in [5.74, 6) is 0.